The van der Waals surface area contributed by atoms with Crippen LogP contribution in [0.1, 0.15) is 18.4 Å². The number of carbonyl (C=O) groups is 1. The third-order valence-electron chi connectivity index (χ3n) is 5.00. The molecule has 2 aromatic rings. The molecule has 0 aliphatic carbocycles. The molecule has 1 amide bonds. The van der Waals surface area contributed by atoms with Gasteiger partial charge in [0.1, 0.15) is 5.82 Å². The van der Waals surface area contributed by atoms with E-state index in [4.69, 9.17) is 0 Å². The van der Waals surface area contributed by atoms with Crippen molar-refractivity contribution in [1.82, 2.24) is 13.9 Å². The second kappa shape index (κ2) is 9.43. The summed E-state index contributed by atoms with van der Waals surface area (Å²) in [6, 6.07) is 10.6. The van der Waals surface area contributed by atoms with E-state index in [0.29, 0.717) is 18.7 Å². The number of amides is 1. The molecule has 1 N–H and O–H groups in total. The maximum absolute atomic E-state index is 13.0. The van der Waals surface area contributed by atoms with E-state index < -0.39 is 38.3 Å². The Kier molecular flexibility index (Phi) is 7.10. The molecule has 1 fully saturated rings. The molecule has 0 unspecified atom stereocenters. The van der Waals surface area contributed by atoms with Gasteiger partial charge in [0.05, 0.1) is 16.3 Å². The minimum atomic E-state index is -3.93. The van der Waals surface area contributed by atoms with Crippen LogP contribution in [-0.4, -0.2) is 58.0 Å². The average molecular weight is 470 g/mol. The summed E-state index contributed by atoms with van der Waals surface area (Å²) in [6.07, 6.45) is 1.71. The lowest BCUT2D eigenvalue weighted by atomic mass is 10.2. The van der Waals surface area contributed by atoms with Crippen LogP contribution in [0.3, 0.4) is 0 Å². The number of sulfonamides is 2. The molecule has 3 rings (SSSR count). The van der Waals surface area contributed by atoms with Crippen LogP contribution in [-0.2, 0) is 31.4 Å². The molecule has 1 aliphatic rings. The van der Waals surface area contributed by atoms with Gasteiger partial charge in [0.15, 0.2) is 0 Å². The van der Waals surface area contributed by atoms with Crippen molar-refractivity contribution >= 4 is 26.0 Å². The van der Waals surface area contributed by atoms with Gasteiger partial charge >= 0.3 is 0 Å². The minimum Gasteiger partial charge on any atom is -0.351 e. The standard InChI is InChI=1S/C20H24FN3O5S2/c1-23(30(26,27)18-10-6-17(21)7-11-18)15-20(25)22-14-16-4-8-19(9-5-16)31(28,29)24-12-2-3-13-24/h4-11H,2-3,12-15H2,1H3,(H,22,25). The van der Waals surface area contributed by atoms with E-state index >= 15 is 0 Å². The molecule has 1 heterocycles. The lowest BCUT2D eigenvalue weighted by Gasteiger charge is -2.17. The molecule has 0 saturated carbocycles. The number of nitrogens with one attached hydrogen (secondary N) is 1. The number of nitrogens with zero attached hydrogens (tertiary/aromatic N) is 2. The van der Waals surface area contributed by atoms with Crippen molar-refractivity contribution in [3.8, 4) is 0 Å². The highest BCUT2D eigenvalue weighted by Crippen LogP contribution is 2.21. The molecule has 0 aromatic heterocycles. The van der Waals surface area contributed by atoms with Crippen LogP contribution < -0.4 is 5.32 Å². The van der Waals surface area contributed by atoms with E-state index in [-0.39, 0.29) is 16.3 Å². The van der Waals surface area contributed by atoms with E-state index in [9.17, 15) is 26.0 Å². The molecular weight excluding hydrogens is 445 g/mol. The molecule has 0 atom stereocenters. The Balaban J connectivity index is 1.56. The monoisotopic (exact) mass is 469 g/mol. The second-order valence-corrected chi connectivity index (χ2v) is 11.2. The molecule has 0 radical (unpaired) electrons. The summed E-state index contributed by atoms with van der Waals surface area (Å²) >= 11 is 0. The topological polar surface area (TPSA) is 104 Å². The summed E-state index contributed by atoms with van der Waals surface area (Å²) in [6.45, 7) is 0.747. The van der Waals surface area contributed by atoms with E-state index in [1.807, 2.05) is 0 Å². The quantitative estimate of drug-likeness (QED) is 0.632. The van der Waals surface area contributed by atoms with Crippen LogP contribution in [0.15, 0.2) is 58.3 Å². The van der Waals surface area contributed by atoms with Crippen LogP contribution in [0.5, 0.6) is 0 Å². The highest BCUT2D eigenvalue weighted by Gasteiger charge is 2.27. The van der Waals surface area contributed by atoms with Crippen LogP contribution in [0.25, 0.3) is 0 Å². The van der Waals surface area contributed by atoms with Crippen LogP contribution >= 0.6 is 0 Å². The predicted molar refractivity (Wildman–Crippen MR) is 112 cm³/mol. The third kappa shape index (κ3) is 5.48. The Morgan fingerprint density at radius 3 is 2.10 bits per heavy atom. The highest BCUT2D eigenvalue weighted by molar-refractivity contribution is 7.89. The zero-order valence-corrected chi connectivity index (χ0v) is 18.6. The number of likely N-dealkylation sites (N-methyl/N-ethyl adjacent to an activating group) is 1. The number of halogens is 1. The first-order valence-corrected chi connectivity index (χ1v) is 12.6. The summed E-state index contributed by atoms with van der Waals surface area (Å²) in [5.41, 5.74) is 0.678. The van der Waals surface area contributed by atoms with Crippen molar-refractivity contribution in [1.29, 1.82) is 0 Å². The minimum absolute atomic E-state index is 0.112. The molecule has 0 bridgehead atoms. The van der Waals surface area contributed by atoms with Crippen molar-refractivity contribution in [2.45, 2.75) is 29.2 Å². The molecule has 2 aromatic carbocycles. The van der Waals surface area contributed by atoms with Gasteiger partial charge in [-0.2, -0.15) is 8.61 Å². The van der Waals surface area contributed by atoms with Crippen molar-refractivity contribution in [2.24, 2.45) is 0 Å². The van der Waals surface area contributed by atoms with Gasteiger partial charge in [-0.05, 0) is 54.8 Å². The van der Waals surface area contributed by atoms with Crippen LogP contribution in [0.4, 0.5) is 4.39 Å². The first kappa shape index (κ1) is 23.3. The first-order chi connectivity index (χ1) is 14.6. The predicted octanol–water partition coefficient (Wildman–Crippen LogP) is 1.55. The smallest absolute Gasteiger partial charge is 0.243 e. The van der Waals surface area contributed by atoms with Crippen molar-refractivity contribution in [3.63, 3.8) is 0 Å². The summed E-state index contributed by atoms with van der Waals surface area (Å²) in [5, 5.41) is 2.61. The van der Waals surface area contributed by atoms with Gasteiger partial charge in [-0.15, -0.1) is 0 Å². The average Bonchev–Trinajstić information content (AvgIpc) is 3.29. The third-order valence-corrected chi connectivity index (χ3v) is 8.73. The lowest BCUT2D eigenvalue weighted by molar-refractivity contribution is -0.121. The van der Waals surface area contributed by atoms with Crippen molar-refractivity contribution < 1.29 is 26.0 Å². The van der Waals surface area contributed by atoms with Gasteiger partial charge in [-0.25, -0.2) is 21.2 Å². The van der Waals surface area contributed by atoms with Crippen molar-refractivity contribution in [3.05, 3.63) is 59.9 Å². The molecule has 8 nitrogen and oxygen atoms in total. The maximum atomic E-state index is 13.0. The molecule has 168 valence electrons. The SMILES string of the molecule is CN(CC(=O)NCc1ccc(S(=O)(=O)N2CCCC2)cc1)S(=O)(=O)c1ccc(F)cc1. The van der Waals surface area contributed by atoms with Crippen LogP contribution in [0, 0.1) is 5.82 Å². The zero-order chi connectivity index (χ0) is 22.6. The maximum Gasteiger partial charge on any atom is 0.243 e. The Bertz CT molecular complexity index is 1130. The molecule has 1 aliphatic heterocycles. The Labute approximate surface area is 181 Å². The van der Waals surface area contributed by atoms with E-state index in [1.54, 1.807) is 12.1 Å². The first-order valence-electron chi connectivity index (χ1n) is 9.68. The molecule has 31 heavy (non-hydrogen) atoms. The van der Waals surface area contributed by atoms with E-state index in [0.717, 1.165) is 41.4 Å². The fraction of sp³-hybridized carbons (Fsp3) is 0.350. The normalized spacial score (nSPS) is 15.3. The highest BCUT2D eigenvalue weighted by atomic mass is 32.2. The van der Waals surface area contributed by atoms with Gasteiger partial charge < -0.3 is 5.32 Å². The van der Waals surface area contributed by atoms with Crippen molar-refractivity contribution in [2.75, 3.05) is 26.7 Å². The van der Waals surface area contributed by atoms with Gasteiger partial charge in [0.25, 0.3) is 0 Å². The summed E-state index contributed by atoms with van der Waals surface area (Å²) in [4.78, 5) is 12.3. The fourth-order valence-electron chi connectivity index (χ4n) is 3.19. The van der Waals surface area contributed by atoms with Gasteiger partial charge in [0.2, 0.25) is 26.0 Å². The molecule has 0 spiro atoms. The number of carbonyl (C=O) groups excluding carboxylic acids is 1. The molecule has 11 heteroatoms. The number of hydrogen-bond donors (Lipinski definition) is 1. The Morgan fingerprint density at radius 2 is 1.52 bits per heavy atom. The number of benzene rings is 2. The fourth-order valence-corrected chi connectivity index (χ4v) is 5.83. The summed E-state index contributed by atoms with van der Waals surface area (Å²) in [5.74, 6) is -1.08. The number of rotatable bonds is 8. The number of hydrogen-bond acceptors (Lipinski definition) is 5. The Hall–Kier alpha value is -2.34. The molecule has 1 saturated heterocycles. The van der Waals surface area contributed by atoms with E-state index in [2.05, 4.69) is 5.32 Å². The largest absolute Gasteiger partial charge is 0.351 e. The summed E-state index contributed by atoms with van der Waals surface area (Å²) in [7, 11) is -6.17. The van der Waals surface area contributed by atoms with Gasteiger partial charge in [0, 0.05) is 26.7 Å². The lowest BCUT2D eigenvalue weighted by Crippen LogP contribution is -2.38. The van der Waals surface area contributed by atoms with Gasteiger partial charge in [-0.1, -0.05) is 12.1 Å². The van der Waals surface area contributed by atoms with Crippen LogP contribution in [0.2, 0.25) is 0 Å². The van der Waals surface area contributed by atoms with E-state index in [1.165, 1.54) is 23.5 Å². The second-order valence-electron chi connectivity index (χ2n) is 7.25. The van der Waals surface area contributed by atoms with Gasteiger partial charge in [-0.3, -0.25) is 4.79 Å². The zero-order valence-electron chi connectivity index (χ0n) is 17.0. The molecular formula is C20H24FN3O5S2. The Morgan fingerprint density at radius 1 is 0.968 bits per heavy atom. The summed E-state index contributed by atoms with van der Waals surface area (Å²) < 4.78 is 65.3.